The van der Waals surface area contributed by atoms with Crippen molar-refractivity contribution in [3.63, 3.8) is 0 Å². The van der Waals surface area contributed by atoms with Crippen molar-refractivity contribution in [2.24, 2.45) is 5.41 Å². The average Bonchev–Trinajstić information content (AvgIpc) is 2.89. The number of ether oxygens (including phenoxy) is 2. The molecule has 5 heteroatoms. The molecule has 0 aliphatic rings. The van der Waals surface area contributed by atoms with Crippen LogP contribution in [0.1, 0.15) is 32.8 Å². The fourth-order valence-electron chi connectivity index (χ4n) is 1.92. The van der Waals surface area contributed by atoms with Crippen molar-refractivity contribution < 1.29 is 19.1 Å². The highest BCUT2D eigenvalue weighted by atomic mass is 32.1. The van der Waals surface area contributed by atoms with Crippen molar-refractivity contribution in [2.75, 3.05) is 13.2 Å². The average molecular weight is 284 g/mol. The van der Waals surface area contributed by atoms with E-state index in [0.717, 1.165) is 5.56 Å². The van der Waals surface area contributed by atoms with E-state index in [9.17, 15) is 9.59 Å². The van der Waals surface area contributed by atoms with E-state index >= 15 is 0 Å². The van der Waals surface area contributed by atoms with Gasteiger partial charge in [0.05, 0.1) is 13.2 Å². The third-order valence-corrected chi connectivity index (χ3v) is 3.75. The van der Waals surface area contributed by atoms with E-state index in [-0.39, 0.29) is 13.2 Å². The molecule has 106 valence electrons. The Morgan fingerprint density at radius 2 is 1.74 bits per heavy atom. The zero-order valence-corrected chi connectivity index (χ0v) is 12.4. The monoisotopic (exact) mass is 284 g/mol. The minimum Gasteiger partial charge on any atom is -0.465 e. The standard InChI is InChI=1S/C14H20O4S/c1-4-14(12(15)17-5-2,13(16)18-6-3)9-11-7-8-19-10-11/h7-8,10H,4-6,9H2,1-3H3. The number of hydrogen-bond acceptors (Lipinski definition) is 5. The van der Waals surface area contributed by atoms with Crippen LogP contribution in [-0.4, -0.2) is 25.2 Å². The molecular weight excluding hydrogens is 264 g/mol. The van der Waals surface area contributed by atoms with Gasteiger partial charge in [-0.2, -0.15) is 11.3 Å². The molecule has 0 fully saturated rings. The maximum absolute atomic E-state index is 12.2. The first-order chi connectivity index (χ1) is 9.10. The number of carbonyl (C=O) groups excluding carboxylic acids is 2. The fraction of sp³-hybridized carbons (Fsp3) is 0.571. The van der Waals surface area contributed by atoms with Gasteiger partial charge in [-0.15, -0.1) is 0 Å². The minimum atomic E-state index is -1.23. The predicted octanol–water partition coefficient (Wildman–Crippen LogP) is 2.81. The van der Waals surface area contributed by atoms with Crippen molar-refractivity contribution in [3.05, 3.63) is 22.4 Å². The van der Waals surface area contributed by atoms with Crippen molar-refractivity contribution >= 4 is 23.3 Å². The zero-order valence-electron chi connectivity index (χ0n) is 11.6. The Morgan fingerprint density at radius 3 is 2.11 bits per heavy atom. The maximum Gasteiger partial charge on any atom is 0.323 e. The van der Waals surface area contributed by atoms with Gasteiger partial charge in [-0.1, -0.05) is 6.92 Å². The molecule has 0 N–H and O–H groups in total. The Morgan fingerprint density at radius 1 is 1.16 bits per heavy atom. The summed E-state index contributed by atoms with van der Waals surface area (Å²) in [6, 6.07) is 1.91. The molecule has 0 aliphatic heterocycles. The molecule has 0 spiro atoms. The first kappa shape index (κ1) is 15.7. The molecule has 0 bridgehead atoms. The number of thiophene rings is 1. The Balaban J connectivity index is 3.05. The second-order valence-corrected chi connectivity index (χ2v) is 4.97. The topological polar surface area (TPSA) is 52.6 Å². The molecule has 1 aromatic rings. The van der Waals surface area contributed by atoms with Gasteiger partial charge in [0, 0.05) is 6.42 Å². The summed E-state index contributed by atoms with van der Waals surface area (Å²) in [4.78, 5) is 24.4. The van der Waals surface area contributed by atoms with E-state index in [1.165, 1.54) is 11.3 Å². The molecule has 0 saturated heterocycles. The van der Waals surface area contributed by atoms with Crippen molar-refractivity contribution in [1.29, 1.82) is 0 Å². The van der Waals surface area contributed by atoms with Crippen LogP contribution in [0.15, 0.2) is 16.8 Å². The molecule has 0 aromatic carbocycles. The quantitative estimate of drug-likeness (QED) is 0.570. The molecule has 1 aromatic heterocycles. The van der Waals surface area contributed by atoms with E-state index in [0.29, 0.717) is 12.8 Å². The molecule has 19 heavy (non-hydrogen) atoms. The summed E-state index contributed by atoms with van der Waals surface area (Å²) in [6.07, 6.45) is 0.686. The minimum absolute atomic E-state index is 0.254. The Bertz CT molecular complexity index is 393. The predicted molar refractivity (Wildman–Crippen MR) is 74.0 cm³/mol. The van der Waals surface area contributed by atoms with Crippen LogP contribution in [-0.2, 0) is 25.5 Å². The van der Waals surface area contributed by atoms with Crippen molar-refractivity contribution in [1.82, 2.24) is 0 Å². The van der Waals surface area contributed by atoms with E-state index < -0.39 is 17.4 Å². The number of hydrogen-bond donors (Lipinski definition) is 0. The van der Waals surface area contributed by atoms with Gasteiger partial charge in [-0.05, 0) is 42.7 Å². The second-order valence-electron chi connectivity index (χ2n) is 4.18. The van der Waals surface area contributed by atoms with Crippen LogP contribution in [0.25, 0.3) is 0 Å². The van der Waals surface area contributed by atoms with Crippen molar-refractivity contribution in [2.45, 2.75) is 33.6 Å². The van der Waals surface area contributed by atoms with Crippen molar-refractivity contribution in [3.8, 4) is 0 Å². The summed E-state index contributed by atoms with van der Waals surface area (Å²) in [5.74, 6) is -0.996. The smallest absolute Gasteiger partial charge is 0.323 e. The van der Waals surface area contributed by atoms with Gasteiger partial charge in [0.1, 0.15) is 0 Å². The first-order valence-electron chi connectivity index (χ1n) is 6.46. The Labute approximate surface area is 117 Å². The lowest BCUT2D eigenvalue weighted by Gasteiger charge is -2.27. The third kappa shape index (κ3) is 3.56. The lowest BCUT2D eigenvalue weighted by Crippen LogP contribution is -2.43. The van der Waals surface area contributed by atoms with Crippen LogP contribution in [0.3, 0.4) is 0 Å². The molecule has 0 unspecified atom stereocenters. The highest BCUT2D eigenvalue weighted by Crippen LogP contribution is 2.31. The maximum atomic E-state index is 12.2. The molecule has 4 nitrogen and oxygen atoms in total. The molecule has 1 rings (SSSR count). The molecule has 1 heterocycles. The SMILES string of the molecule is CCOC(=O)C(CC)(Cc1ccsc1)C(=O)OCC. The molecule has 0 aliphatic carbocycles. The van der Waals surface area contributed by atoms with Crippen LogP contribution >= 0.6 is 11.3 Å². The van der Waals surface area contributed by atoms with E-state index in [2.05, 4.69) is 0 Å². The molecule has 0 amide bonds. The first-order valence-corrected chi connectivity index (χ1v) is 7.40. The van der Waals surface area contributed by atoms with Crippen LogP contribution in [0, 0.1) is 5.41 Å². The summed E-state index contributed by atoms with van der Waals surface area (Å²) in [7, 11) is 0. The van der Waals surface area contributed by atoms with Gasteiger partial charge >= 0.3 is 11.9 Å². The Kier molecular flexibility index (Phi) is 6.02. The van der Waals surface area contributed by atoms with E-state index in [1.54, 1.807) is 20.8 Å². The van der Waals surface area contributed by atoms with Crippen LogP contribution < -0.4 is 0 Å². The van der Waals surface area contributed by atoms with Gasteiger partial charge < -0.3 is 9.47 Å². The molecule has 0 saturated carbocycles. The number of rotatable bonds is 7. The van der Waals surface area contributed by atoms with Gasteiger partial charge in [0.25, 0.3) is 0 Å². The zero-order chi connectivity index (χ0) is 14.3. The largest absolute Gasteiger partial charge is 0.465 e. The normalized spacial score (nSPS) is 11.1. The molecule has 0 atom stereocenters. The lowest BCUT2D eigenvalue weighted by atomic mass is 9.79. The summed E-state index contributed by atoms with van der Waals surface area (Å²) < 4.78 is 10.2. The Hall–Kier alpha value is -1.36. The summed E-state index contributed by atoms with van der Waals surface area (Å²) >= 11 is 1.54. The van der Waals surface area contributed by atoms with Gasteiger partial charge in [0.2, 0.25) is 0 Å². The lowest BCUT2D eigenvalue weighted by molar-refractivity contribution is -0.172. The van der Waals surface area contributed by atoms with Gasteiger partial charge in [-0.3, -0.25) is 9.59 Å². The molecular formula is C14H20O4S. The van der Waals surface area contributed by atoms with Gasteiger partial charge in [0.15, 0.2) is 5.41 Å². The number of esters is 2. The van der Waals surface area contributed by atoms with E-state index in [1.807, 2.05) is 16.8 Å². The van der Waals surface area contributed by atoms with E-state index in [4.69, 9.17) is 9.47 Å². The van der Waals surface area contributed by atoms with Crippen LogP contribution in [0.2, 0.25) is 0 Å². The second kappa shape index (κ2) is 7.28. The van der Waals surface area contributed by atoms with Crippen LogP contribution in [0.4, 0.5) is 0 Å². The highest BCUT2D eigenvalue weighted by molar-refractivity contribution is 7.07. The summed E-state index contributed by atoms with van der Waals surface area (Å²) in [5.41, 5.74) is -0.277. The van der Waals surface area contributed by atoms with Gasteiger partial charge in [-0.25, -0.2) is 0 Å². The fourth-order valence-corrected chi connectivity index (χ4v) is 2.59. The number of carbonyl (C=O) groups is 2. The molecule has 0 radical (unpaired) electrons. The summed E-state index contributed by atoms with van der Waals surface area (Å²) in [5, 5.41) is 3.86. The third-order valence-electron chi connectivity index (χ3n) is 3.02. The van der Waals surface area contributed by atoms with Crippen LogP contribution in [0.5, 0.6) is 0 Å². The highest BCUT2D eigenvalue weighted by Gasteiger charge is 2.47. The summed E-state index contributed by atoms with van der Waals surface area (Å²) in [6.45, 7) is 5.77.